The number of hydrogen-bond donors (Lipinski definition) is 1. The molecular weight excluding hydrogens is 354 g/mol. The predicted molar refractivity (Wildman–Crippen MR) is 85.4 cm³/mol. The second-order valence-electron chi connectivity index (χ2n) is 5.61. The molecule has 2 heterocycles. The Morgan fingerprint density at radius 2 is 1.92 bits per heavy atom. The highest BCUT2D eigenvalue weighted by Gasteiger charge is 2.27. The van der Waals surface area contributed by atoms with Crippen LogP contribution < -0.4 is 4.72 Å². The van der Waals surface area contributed by atoms with Crippen molar-refractivity contribution in [1.29, 1.82) is 0 Å². The summed E-state index contributed by atoms with van der Waals surface area (Å²) in [6.45, 7) is 2.41. The lowest BCUT2D eigenvalue weighted by Crippen LogP contribution is -2.43. The maximum atomic E-state index is 13.3. The molecule has 3 rings (SSSR count). The molecule has 1 N–H and O–H groups in total. The molecule has 0 spiro atoms. The molecule has 1 atom stereocenters. The topological polar surface area (TPSA) is 71.8 Å². The molecule has 1 aromatic heterocycles. The molecule has 1 saturated heterocycles. The van der Waals surface area contributed by atoms with Gasteiger partial charge in [-0.1, -0.05) is 0 Å². The number of halogens is 2. The fourth-order valence-electron chi connectivity index (χ4n) is 2.70. The van der Waals surface area contributed by atoms with Gasteiger partial charge in [-0.25, -0.2) is 21.9 Å². The summed E-state index contributed by atoms with van der Waals surface area (Å²) in [5.41, 5.74) is 0. The Hall–Kier alpha value is -1.81. The minimum absolute atomic E-state index is 0.0365. The van der Waals surface area contributed by atoms with Crippen molar-refractivity contribution < 1.29 is 26.4 Å². The number of nitrogens with zero attached hydrogens (tertiary/aromatic N) is 1. The first kappa shape index (κ1) is 18.0. The van der Waals surface area contributed by atoms with Crippen LogP contribution in [0.3, 0.4) is 0 Å². The van der Waals surface area contributed by atoms with Crippen molar-refractivity contribution in [3.8, 4) is 0 Å². The van der Waals surface area contributed by atoms with E-state index in [0.717, 1.165) is 12.1 Å². The number of nitrogens with one attached hydrogen (secondary N) is 1. The molecule has 0 radical (unpaired) electrons. The average molecular weight is 372 g/mol. The van der Waals surface area contributed by atoms with Crippen molar-refractivity contribution in [3.63, 3.8) is 0 Å². The summed E-state index contributed by atoms with van der Waals surface area (Å²) in [5.74, 6) is -1.69. The van der Waals surface area contributed by atoms with Gasteiger partial charge in [0.1, 0.15) is 5.76 Å². The number of benzene rings is 1. The highest BCUT2D eigenvalue weighted by atomic mass is 32.2. The standard InChI is InChI=1S/C16H18F2N2O4S/c17-13-4-3-12(10-14(13)18)25(21,22)19-11-15(16-2-1-7-24-16)20-5-8-23-9-6-20/h1-4,7,10,15,19H,5-6,8-9,11H2. The Bertz CT molecular complexity index is 806. The van der Waals surface area contributed by atoms with Crippen LogP contribution in [0.4, 0.5) is 8.78 Å². The summed E-state index contributed by atoms with van der Waals surface area (Å²) < 4.78 is 64.3. The number of sulfonamides is 1. The van der Waals surface area contributed by atoms with E-state index in [-0.39, 0.29) is 17.5 Å². The second kappa shape index (κ2) is 7.61. The van der Waals surface area contributed by atoms with Crippen LogP contribution in [0.1, 0.15) is 11.8 Å². The third-order valence-corrected chi connectivity index (χ3v) is 5.45. The third-order valence-electron chi connectivity index (χ3n) is 4.03. The Kier molecular flexibility index (Phi) is 5.48. The van der Waals surface area contributed by atoms with Gasteiger partial charge in [0.25, 0.3) is 0 Å². The van der Waals surface area contributed by atoms with Crippen LogP contribution in [-0.4, -0.2) is 46.2 Å². The normalized spacial score (nSPS) is 17.5. The lowest BCUT2D eigenvalue weighted by atomic mass is 10.2. The monoisotopic (exact) mass is 372 g/mol. The van der Waals surface area contributed by atoms with Crippen molar-refractivity contribution in [2.75, 3.05) is 32.8 Å². The van der Waals surface area contributed by atoms with Gasteiger partial charge in [-0.3, -0.25) is 4.90 Å². The van der Waals surface area contributed by atoms with Crippen molar-refractivity contribution in [2.24, 2.45) is 0 Å². The molecular formula is C16H18F2N2O4S. The second-order valence-corrected chi connectivity index (χ2v) is 7.37. The van der Waals surface area contributed by atoms with Gasteiger partial charge in [-0.15, -0.1) is 0 Å². The maximum Gasteiger partial charge on any atom is 0.240 e. The van der Waals surface area contributed by atoms with Gasteiger partial charge in [0.05, 0.1) is 30.4 Å². The number of rotatable bonds is 6. The maximum absolute atomic E-state index is 13.3. The molecule has 9 heteroatoms. The fraction of sp³-hybridized carbons (Fsp3) is 0.375. The molecule has 136 valence electrons. The molecule has 1 aliphatic heterocycles. The van der Waals surface area contributed by atoms with Gasteiger partial charge >= 0.3 is 0 Å². The van der Waals surface area contributed by atoms with Crippen molar-refractivity contribution in [1.82, 2.24) is 9.62 Å². The van der Waals surface area contributed by atoms with Gasteiger partial charge in [0, 0.05) is 19.6 Å². The van der Waals surface area contributed by atoms with Crippen LogP contribution in [0.15, 0.2) is 45.9 Å². The smallest absolute Gasteiger partial charge is 0.240 e. The molecule has 1 unspecified atom stereocenters. The Labute approximate surface area is 144 Å². The SMILES string of the molecule is O=S(=O)(NCC(c1ccco1)N1CCOCC1)c1ccc(F)c(F)c1. The van der Waals surface area contributed by atoms with E-state index in [4.69, 9.17) is 9.15 Å². The van der Waals surface area contributed by atoms with E-state index < -0.39 is 21.7 Å². The molecule has 0 amide bonds. The van der Waals surface area contributed by atoms with Gasteiger partial charge in [-0.2, -0.15) is 0 Å². The zero-order chi connectivity index (χ0) is 17.9. The fourth-order valence-corrected chi connectivity index (χ4v) is 3.75. The van der Waals surface area contributed by atoms with Crippen LogP contribution in [0.25, 0.3) is 0 Å². The van der Waals surface area contributed by atoms with Crippen LogP contribution >= 0.6 is 0 Å². The number of hydrogen-bond acceptors (Lipinski definition) is 5. The zero-order valence-corrected chi connectivity index (χ0v) is 14.1. The molecule has 1 aliphatic rings. The highest BCUT2D eigenvalue weighted by molar-refractivity contribution is 7.89. The van der Waals surface area contributed by atoms with Crippen LogP contribution in [-0.2, 0) is 14.8 Å². The van der Waals surface area contributed by atoms with Gasteiger partial charge in [0.2, 0.25) is 10.0 Å². The molecule has 0 bridgehead atoms. The first-order chi connectivity index (χ1) is 12.0. The summed E-state index contributed by atoms with van der Waals surface area (Å²) in [7, 11) is -3.98. The molecule has 0 aliphatic carbocycles. The van der Waals surface area contributed by atoms with E-state index >= 15 is 0 Å². The quantitative estimate of drug-likeness (QED) is 0.839. The van der Waals surface area contributed by atoms with Crippen molar-refractivity contribution in [3.05, 3.63) is 54.0 Å². The molecule has 2 aromatic rings. The third kappa shape index (κ3) is 4.24. The molecule has 0 saturated carbocycles. The van der Waals surface area contributed by atoms with Gasteiger partial charge in [-0.05, 0) is 30.3 Å². The minimum atomic E-state index is -3.98. The van der Waals surface area contributed by atoms with E-state index in [1.165, 1.54) is 6.26 Å². The summed E-state index contributed by atoms with van der Waals surface area (Å²) in [5, 5.41) is 0. The summed E-state index contributed by atoms with van der Waals surface area (Å²) in [6, 6.07) is 5.65. The number of morpholine rings is 1. The molecule has 1 aromatic carbocycles. The summed E-state index contributed by atoms with van der Waals surface area (Å²) >= 11 is 0. The van der Waals surface area contributed by atoms with E-state index in [1.807, 2.05) is 0 Å². The average Bonchev–Trinajstić information content (AvgIpc) is 3.12. The van der Waals surface area contributed by atoms with Gasteiger partial charge < -0.3 is 9.15 Å². The molecule has 25 heavy (non-hydrogen) atoms. The number of ether oxygens (including phenoxy) is 1. The van der Waals surface area contributed by atoms with Crippen LogP contribution in [0.2, 0.25) is 0 Å². The van der Waals surface area contributed by atoms with E-state index in [0.29, 0.717) is 38.1 Å². The Morgan fingerprint density at radius 3 is 2.56 bits per heavy atom. The van der Waals surface area contributed by atoms with Crippen molar-refractivity contribution in [2.45, 2.75) is 10.9 Å². The minimum Gasteiger partial charge on any atom is -0.468 e. The van der Waals surface area contributed by atoms with Gasteiger partial charge in [0.15, 0.2) is 11.6 Å². The molecule has 1 fully saturated rings. The summed E-state index contributed by atoms with van der Waals surface area (Å²) in [4.78, 5) is 1.72. The summed E-state index contributed by atoms with van der Waals surface area (Å²) in [6.07, 6.45) is 1.52. The molecule has 6 nitrogen and oxygen atoms in total. The van der Waals surface area contributed by atoms with E-state index in [2.05, 4.69) is 9.62 Å². The number of furan rings is 1. The van der Waals surface area contributed by atoms with E-state index in [9.17, 15) is 17.2 Å². The lowest BCUT2D eigenvalue weighted by molar-refractivity contribution is 0.0128. The van der Waals surface area contributed by atoms with E-state index in [1.54, 1.807) is 12.1 Å². The zero-order valence-electron chi connectivity index (χ0n) is 13.3. The Morgan fingerprint density at radius 1 is 1.16 bits per heavy atom. The van der Waals surface area contributed by atoms with Crippen molar-refractivity contribution >= 4 is 10.0 Å². The Balaban J connectivity index is 1.76. The largest absolute Gasteiger partial charge is 0.468 e. The van der Waals surface area contributed by atoms with Crippen LogP contribution in [0.5, 0.6) is 0 Å². The van der Waals surface area contributed by atoms with Crippen LogP contribution in [0, 0.1) is 11.6 Å². The first-order valence-corrected chi connectivity index (χ1v) is 9.25. The first-order valence-electron chi connectivity index (χ1n) is 7.77. The highest BCUT2D eigenvalue weighted by Crippen LogP contribution is 2.23. The predicted octanol–water partition coefficient (Wildman–Crippen LogP) is 1.91. The lowest BCUT2D eigenvalue weighted by Gasteiger charge is -2.33.